The second-order valence-electron chi connectivity index (χ2n) is 7.19. The van der Waals surface area contributed by atoms with Crippen LogP contribution in [0.2, 0.25) is 0 Å². The molecule has 0 aromatic heterocycles. The van der Waals surface area contributed by atoms with Crippen molar-refractivity contribution in [2.75, 3.05) is 6.54 Å². The molecular weight excluding hydrogens is 384 g/mol. The maximum absolute atomic E-state index is 12.6. The van der Waals surface area contributed by atoms with E-state index >= 15 is 0 Å². The normalized spacial score (nSPS) is 24.5. The second kappa shape index (κ2) is 11.7. The number of rotatable bonds is 11. The SMILES string of the molecule is CCCCC(CC)C(=O)N[C@H]1[C@H]([C@H](O)[C@H](O)CNC(C)=O)OC(C(=O)O)=C[C@@H]1O. The molecule has 0 radical (unpaired) electrons. The Morgan fingerprint density at radius 2 is 1.90 bits per heavy atom. The van der Waals surface area contributed by atoms with Gasteiger partial charge in [0.25, 0.3) is 0 Å². The molecule has 0 saturated carbocycles. The molecule has 1 aliphatic rings. The molecule has 10 heteroatoms. The van der Waals surface area contributed by atoms with Crippen molar-refractivity contribution in [3.63, 3.8) is 0 Å². The summed E-state index contributed by atoms with van der Waals surface area (Å²) in [5.74, 6) is -3.16. The topological polar surface area (TPSA) is 165 Å². The molecular formula is C19H32N2O8. The molecule has 2 amide bonds. The Kier molecular flexibility index (Phi) is 10.1. The van der Waals surface area contributed by atoms with Gasteiger partial charge in [-0.25, -0.2) is 4.79 Å². The standard InChI is InChI=1S/C19H32N2O8/c1-4-6-7-11(5-2)18(26)21-15-12(23)8-14(19(27)28)29-17(15)16(25)13(24)9-20-10(3)22/h8,11-13,15-17,23-25H,4-7,9H2,1-3H3,(H,20,22)(H,21,26)(H,27,28)/t11?,12-,13+,15+,16+,17+/m0/s1. The van der Waals surface area contributed by atoms with E-state index in [9.17, 15) is 29.7 Å². The Labute approximate surface area is 169 Å². The van der Waals surface area contributed by atoms with E-state index in [1.807, 2.05) is 13.8 Å². The second-order valence-corrected chi connectivity index (χ2v) is 7.19. The number of ether oxygens (including phenoxy) is 1. The fraction of sp³-hybridized carbons (Fsp3) is 0.737. The molecule has 1 unspecified atom stereocenters. The summed E-state index contributed by atoms with van der Waals surface area (Å²) < 4.78 is 5.28. The first-order valence-electron chi connectivity index (χ1n) is 9.83. The van der Waals surface area contributed by atoms with Gasteiger partial charge in [0.1, 0.15) is 18.3 Å². The minimum absolute atomic E-state index is 0.311. The van der Waals surface area contributed by atoms with Crippen molar-refractivity contribution in [3.05, 3.63) is 11.8 Å². The van der Waals surface area contributed by atoms with Gasteiger partial charge in [-0.05, 0) is 18.9 Å². The molecule has 0 aromatic rings. The summed E-state index contributed by atoms with van der Waals surface area (Å²) in [6, 6.07) is -1.18. The molecule has 6 atom stereocenters. The minimum Gasteiger partial charge on any atom is -0.478 e. The highest BCUT2D eigenvalue weighted by Crippen LogP contribution is 2.24. The average Bonchev–Trinajstić information content (AvgIpc) is 2.67. The van der Waals surface area contributed by atoms with Gasteiger partial charge in [-0.15, -0.1) is 0 Å². The Hall–Kier alpha value is -2.17. The number of nitrogens with one attached hydrogen (secondary N) is 2. The third-order valence-corrected chi connectivity index (χ3v) is 4.89. The minimum atomic E-state index is -1.68. The zero-order valence-corrected chi connectivity index (χ0v) is 17.0. The molecule has 0 bridgehead atoms. The average molecular weight is 416 g/mol. The van der Waals surface area contributed by atoms with Crippen molar-refractivity contribution in [2.24, 2.45) is 5.92 Å². The van der Waals surface area contributed by atoms with Crippen LogP contribution in [0.5, 0.6) is 0 Å². The zero-order chi connectivity index (χ0) is 22.1. The summed E-state index contributed by atoms with van der Waals surface area (Å²) in [5, 5.41) is 45.2. The van der Waals surface area contributed by atoms with Gasteiger partial charge < -0.3 is 35.8 Å². The van der Waals surface area contributed by atoms with Crippen LogP contribution < -0.4 is 10.6 Å². The van der Waals surface area contributed by atoms with Crippen molar-refractivity contribution >= 4 is 17.8 Å². The molecule has 0 spiro atoms. The maximum Gasteiger partial charge on any atom is 0.370 e. The Balaban J connectivity index is 3.03. The molecule has 1 aliphatic heterocycles. The Bertz CT molecular complexity index is 609. The lowest BCUT2D eigenvalue weighted by Crippen LogP contribution is -2.61. The van der Waals surface area contributed by atoms with E-state index in [0.717, 1.165) is 18.9 Å². The smallest absolute Gasteiger partial charge is 0.370 e. The van der Waals surface area contributed by atoms with Crippen LogP contribution in [0, 0.1) is 5.92 Å². The molecule has 1 rings (SSSR count). The monoisotopic (exact) mass is 416 g/mol. The van der Waals surface area contributed by atoms with Gasteiger partial charge in [0, 0.05) is 19.4 Å². The molecule has 10 nitrogen and oxygen atoms in total. The van der Waals surface area contributed by atoms with Gasteiger partial charge in [-0.2, -0.15) is 0 Å². The number of carboxylic acid groups (broad SMARTS) is 1. The lowest BCUT2D eigenvalue weighted by atomic mass is 9.92. The van der Waals surface area contributed by atoms with Gasteiger partial charge in [0.05, 0.1) is 6.04 Å². The van der Waals surface area contributed by atoms with Crippen LogP contribution in [0.15, 0.2) is 11.8 Å². The van der Waals surface area contributed by atoms with Crippen LogP contribution in [0.1, 0.15) is 46.5 Å². The van der Waals surface area contributed by atoms with E-state index < -0.39 is 48.1 Å². The van der Waals surface area contributed by atoms with Crippen molar-refractivity contribution in [2.45, 2.75) is 76.9 Å². The summed E-state index contributed by atoms with van der Waals surface area (Å²) in [5.41, 5.74) is 0. The third kappa shape index (κ3) is 7.30. The lowest BCUT2D eigenvalue weighted by molar-refractivity contribution is -0.148. The number of hydrogen-bond acceptors (Lipinski definition) is 7. The van der Waals surface area contributed by atoms with E-state index in [1.165, 1.54) is 6.92 Å². The summed E-state index contributed by atoms with van der Waals surface area (Å²) >= 11 is 0. The molecule has 0 aromatic carbocycles. The van der Waals surface area contributed by atoms with E-state index in [0.29, 0.717) is 12.8 Å². The van der Waals surface area contributed by atoms with Gasteiger partial charge in [-0.3, -0.25) is 9.59 Å². The largest absolute Gasteiger partial charge is 0.478 e. The molecule has 166 valence electrons. The van der Waals surface area contributed by atoms with Crippen LogP contribution in [0.3, 0.4) is 0 Å². The number of aliphatic carboxylic acids is 1. The number of carbonyl (C=O) groups excluding carboxylic acids is 2. The Morgan fingerprint density at radius 1 is 1.24 bits per heavy atom. The number of amides is 2. The highest BCUT2D eigenvalue weighted by Gasteiger charge is 2.43. The highest BCUT2D eigenvalue weighted by atomic mass is 16.5. The van der Waals surface area contributed by atoms with Crippen LogP contribution in [-0.4, -0.2) is 75.2 Å². The molecule has 6 N–H and O–H groups in total. The van der Waals surface area contributed by atoms with Crippen molar-refractivity contribution < 1.29 is 39.5 Å². The quantitative estimate of drug-likeness (QED) is 0.257. The summed E-state index contributed by atoms with van der Waals surface area (Å²) in [4.78, 5) is 34.9. The predicted molar refractivity (Wildman–Crippen MR) is 103 cm³/mol. The van der Waals surface area contributed by atoms with Gasteiger partial charge in [0.2, 0.25) is 17.6 Å². The van der Waals surface area contributed by atoms with Crippen molar-refractivity contribution in [1.29, 1.82) is 0 Å². The van der Waals surface area contributed by atoms with E-state index in [2.05, 4.69) is 10.6 Å². The Morgan fingerprint density at radius 3 is 2.41 bits per heavy atom. The van der Waals surface area contributed by atoms with Gasteiger partial charge >= 0.3 is 5.97 Å². The fourth-order valence-electron chi connectivity index (χ4n) is 3.12. The fourth-order valence-corrected chi connectivity index (χ4v) is 3.12. The number of hydrogen-bond donors (Lipinski definition) is 6. The molecule has 0 saturated heterocycles. The maximum atomic E-state index is 12.6. The van der Waals surface area contributed by atoms with Gasteiger partial charge in [0.15, 0.2) is 6.10 Å². The summed E-state index contributed by atoms with van der Waals surface area (Å²) in [6.07, 6.45) is -2.15. The first-order valence-corrected chi connectivity index (χ1v) is 9.83. The van der Waals surface area contributed by atoms with E-state index in [1.54, 1.807) is 0 Å². The van der Waals surface area contributed by atoms with E-state index in [-0.39, 0.29) is 18.4 Å². The van der Waals surface area contributed by atoms with Crippen molar-refractivity contribution in [1.82, 2.24) is 10.6 Å². The first kappa shape index (κ1) is 24.9. The molecule has 0 fully saturated rings. The summed E-state index contributed by atoms with van der Waals surface area (Å²) in [7, 11) is 0. The summed E-state index contributed by atoms with van der Waals surface area (Å²) in [6.45, 7) is 4.78. The predicted octanol–water partition coefficient (Wildman–Crippen LogP) is -0.726. The molecule has 1 heterocycles. The van der Waals surface area contributed by atoms with Crippen molar-refractivity contribution in [3.8, 4) is 0 Å². The van der Waals surface area contributed by atoms with Crippen LogP contribution >= 0.6 is 0 Å². The van der Waals surface area contributed by atoms with Gasteiger partial charge in [-0.1, -0.05) is 26.7 Å². The number of carbonyl (C=O) groups is 3. The van der Waals surface area contributed by atoms with Crippen LogP contribution in [-0.2, 0) is 19.1 Å². The number of unbranched alkanes of at least 4 members (excludes halogenated alkanes) is 1. The lowest BCUT2D eigenvalue weighted by Gasteiger charge is -2.39. The number of carboxylic acids is 1. The molecule has 29 heavy (non-hydrogen) atoms. The first-order chi connectivity index (χ1) is 13.6. The van der Waals surface area contributed by atoms with Crippen LogP contribution in [0.25, 0.3) is 0 Å². The third-order valence-electron chi connectivity index (χ3n) is 4.89. The number of aliphatic hydroxyl groups is 3. The van der Waals surface area contributed by atoms with Crippen LogP contribution in [0.4, 0.5) is 0 Å². The van der Waals surface area contributed by atoms with E-state index in [4.69, 9.17) is 9.84 Å². The number of aliphatic hydroxyl groups excluding tert-OH is 3. The highest BCUT2D eigenvalue weighted by molar-refractivity contribution is 5.85. The zero-order valence-electron chi connectivity index (χ0n) is 17.0. The molecule has 0 aliphatic carbocycles.